The third-order valence-corrected chi connectivity index (χ3v) is 9.66. The number of benzene rings is 2. The summed E-state index contributed by atoms with van der Waals surface area (Å²) >= 11 is 1.51. The first-order chi connectivity index (χ1) is 23.9. The highest BCUT2D eigenvalue weighted by molar-refractivity contribution is 7.99. The zero-order chi connectivity index (χ0) is 35.8. The lowest BCUT2D eigenvalue weighted by Gasteiger charge is -2.33. The van der Waals surface area contributed by atoms with Crippen LogP contribution in [0.3, 0.4) is 0 Å². The van der Waals surface area contributed by atoms with E-state index in [1.54, 1.807) is 24.5 Å². The van der Waals surface area contributed by atoms with Crippen molar-refractivity contribution in [3.05, 3.63) is 96.4 Å². The van der Waals surface area contributed by atoms with Gasteiger partial charge in [0, 0.05) is 41.7 Å². The molecule has 12 heteroatoms. The van der Waals surface area contributed by atoms with Gasteiger partial charge >= 0.3 is 0 Å². The number of rotatable bonds is 13. The van der Waals surface area contributed by atoms with Crippen LogP contribution in [-0.4, -0.2) is 90.8 Å². The first-order valence-electron chi connectivity index (χ1n) is 17.0. The van der Waals surface area contributed by atoms with E-state index in [-0.39, 0.29) is 29.3 Å². The highest BCUT2D eigenvalue weighted by Gasteiger charge is 2.40. The largest absolute Gasteiger partial charge is 0.390 e. The molecular weight excluding hydrogens is 651 g/mol. The topological polar surface area (TPSA) is 149 Å². The number of fused-ring (bicyclic) bond motifs is 1. The molecule has 0 saturated carbocycles. The fraction of sp³-hybridized carbons (Fsp3) is 0.421. The number of nitrogens with zero attached hydrogens (tertiary/aromatic N) is 4. The Hall–Kier alpha value is -4.39. The second-order valence-electron chi connectivity index (χ2n) is 14.2. The molecule has 0 spiro atoms. The third kappa shape index (κ3) is 10.1. The monoisotopic (exact) mass is 697 g/mol. The van der Waals surface area contributed by atoms with Crippen molar-refractivity contribution in [1.82, 2.24) is 35.8 Å². The predicted molar refractivity (Wildman–Crippen MR) is 195 cm³/mol. The van der Waals surface area contributed by atoms with Crippen molar-refractivity contribution < 1.29 is 19.5 Å². The second kappa shape index (κ2) is 16.5. The minimum Gasteiger partial charge on any atom is -0.390 e. The van der Waals surface area contributed by atoms with Crippen LogP contribution in [0.2, 0.25) is 0 Å². The zero-order valence-electron chi connectivity index (χ0n) is 29.2. The van der Waals surface area contributed by atoms with Gasteiger partial charge < -0.3 is 21.1 Å². The number of carbonyl (C=O) groups excluding carboxylic acids is 3. The van der Waals surface area contributed by atoms with Crippen LogP contribution in [0.5, 0.6) is 0 Å². The molecule has 50 heavy (non-hydrogen) atoms. The van der Waals surface area contributed by atoms with Crippen LogP contribution < -0.4 is 16.0 Å². The number of hydrogen-bond acceptors (Lipinski definition) is 9. The van der Waals surface area contributed by atoms with Crippen molar-refractivity contribution in [3.8, 4) is 0 Å². The number of thioether (sulfide) groups is 1. The van der Waals surface area contributed by atoms with E-state index in [0.29, 0.717) is 30.1 Å². The Morgan fingerprint density at radius 1 is 0.940 bits per heavy atom. The summed E-state index contributed by atoms with van der Waals surface area (Å²) in [5.74, 6) is -1.24. The van der Waals surface area contributed by atoms with E-state index in [2.05, 4.69) is 30.9 Å². The maximum absolute atomic E-state index is 13.9. The lowest BCUT2D eigenvalue weighted by atomic mass is 9.98. The molecule has 1 fully saturated rings. The third-order valence-electron chi connectivity index (χ3n) is 8.56. The molecule has 11 nitrogen and oxygen atoms in total. The fourth-order valence-corrected chi connectivity index (χ4v) is 7.19. The van der Waals surface area contributed by atoms with Crippen molar-refractivity contribution in [1.29, 1.82) is 0 Å². The van der Waals surface area contributed by atoms with Crippen LogP contribution in [0, 0.1) is 5.92 Å². The fourth-order valence-electron chi connectivity index (χ4n) is 6.10. The van der Waals surface area contributed by atoms with Crippen molar-refractivity contribution >= 4 is 40.4 Å². The molecule has 1 saturated heterocycles. The number of β-amino-alcohol motifs (C(OH)–C–C–N with tert-alkyl or cyclic N) is 1. The van der Waals surface area contributed by atoms with E-state index in [1.165, 1.54) is 11.8 Å². The maximum Gasteiger partial charge on any atom is 0.270 e. The lowest BCUT2D eigenvalue weighted by molar-refractivity contribution is -0.128. The molecule has 1 aliphatic rings. The van der Waals surface area contributed by atoms with E-state index in [1.807, 2.05) is 100 Å². The van der Waals surface area contributed by atoms with E-state index in [4.69, 9.17) is 0 Å². The molecule has 5 atom stereocenters. The molecule has 3 heterocycles. The normalized spacial score (nSPS) is 18.4. The van der Waals surface area contributed by atoms with Crippen LogP contribution in [0.1, 0.15) is 57.1 Å². The van der Waals surface area contributed by atoms with E-state index in [0.717, 1.165) is 10.9 Å². The van der Waals surface area contributed by atoms with E-state index >= 15 is 0 Å². The summed E-state index contributed by atoms with van der Waals surface area (Å²) in [6.45, 7) is 10.2. The SMILES string of the molecule is CC(C)[C@H](NC(=O)c1ccc2ccccc2n1)C(=O)N[C@@H](Cc1ccccc1)[C@H](O)CN1C[C@H](Sc2ncccn2)C[C@H]1C(=O)NC(C)(C)C. The number of nitrogens with one attached hydrogen (secondary N) is 3. The number of aliphatic hydroxyl groups excluding tert-OH is 1. The average molecular weight is 698 g/mol. The highest BCUT2D eigenvalue weighted by atomic mass is 32.2. The summed E-state index contributed by atoms with van der Waals surface area (Å²) in [4.78, 5) is 56.0. The highest BCUT2D eigenvalue weighted by Crippen LogP contribution is 2.32. The number of carbonyl (C=O) groups is 3. The number of pyridine rings is 1. The Morgan fingerprint density at radius 3 is 2.34 bits per heavy atom. The standard InChI is InChI=1S/C38H47N7O4S/c1-24(2)33(43-34(47)29-17-16-26-14-9-10-15-28(26)41-29)36(49)42-30(20-25-12-7-6-8-13-25)32(46)23-45-22-27(50-37-39-18-11-19-40-37)21-31(45)35(48)44-38(3,4)5/h6-19,24,27,30-33,46H,20-23H2,1-5H3,(H,42,49)(H,43,47)(H,44,48)/t27-,30+,31+,32-,33+/m1/s1. The Labute approximate surface area is 298 Å². The number of amides is 3. The minimum absolute atomic E-state index is 0.0201. The van der Waals surface area contributed by atoms with Crippen molar-refractivity contribution in [2.75, 3.05) is 13.1 Å². The minimum atomic E-state index is -1.04. The predicted octanol–water partition coefficient (Wildman–Crippen LogP) is 4.02. The molecule has 0 unspecified atom stereocenters. The molecule has 4 N–H and O–H groups in total. The number of aliphatic hydroxyl groups is 1. The smallest absolute Gasteiger partial charge is 0.270 e. The second-order valence-corrected chi connectivity index (χ2v) is 15.4. The van der Waals surface area contributed by atoms with Crippen molar-refractivity contribution in [2.24, 2.45) is 5.92 Å². The summed E-state index contributed by atoms with van der Waals surface area (Å²) in [5, 5.41) is 22.5. The Balaban J connectivity index is 1.34. The summed E-state index contributed by atoms with van der Waals surface area (Å²) < 4.78 is 0. The zero-order valence-corrected chi connectivity index (χ0v) is 30.1. The molecular formula is C38H47N7O4S. The number of hydrogen-bond donors (Lipinski definition) is 4. The molecule has 264 valence electrons. The van der Waals surface area contributed by atoms with Gasteiger partial charge in [0.15, 0.2) is 5.16 Å². The molecule has 5 rings (SSSR count). The van der Waals surface area contributed by atoms with Gasteiger partial charge in [-0.1, -0.05) is 80.2 Å². The van der Waals surface area contributed by atoms with Crippen LogP contribution >= 0.6 is 11.8 Å². The summed E-state index contributed by atoms with van der Waals surface area (Å²) in [6.07, 6.45) is 3.25. The number of para-hydroxylation sites is 1. The van der Waals surface area contributed by atoms with Crippen LogP contribution in [0.25, 0.3) is 10.9 Å². The van der Waals surface area contributed by atoms with Gasteiger partial charge in [-0.15, -0.1) is 0 Å². The number of aromatic nitrogens is 3. The summed E-state index contributed by atoms with van der Waals surface area (Å²) in [6, 6.07) is 20.3. The average Bonchev–Trinajstić information content (AvgIpc) is 3.48. The molecule has 2 aromatic carbocycles. The van der Waals surface area contributed by atoms with Gasteiger partial charge in [-0.2, -0.15) is 0 Å². The van der Waals surface area contributed by atoms with Gasteiger partial charge in [0.2, 0.25) is 11.8 Å². The van der Waals surface area contributed by atoms with Crippen molar-refractivity contribution in [3.63, 3.8) is 0 Å². The Bertz CT molecular complexity index is 1750. The molecule has 1 aliphatic heterocycles. The molecule has 0 bridgehead atoms. The van der Waals surface area contributed by atoms with Gasteiger partial charge in [-0.3, -0.25) is 19.3 Å². The van der Waals surface area contributed by atoms with Crippen LogP contribution in [-0.2, 0) is 16.0 Å². The van der Waals surface area contributed by atoms with Gasteiger partial charge in [-0.05, 0) is 63.3 Å². The molecule has 2 aromatic heterocycles. The first kappa shape index (κ1) is 36.9. The summed E-state index contributed by atoms with van der Waals surface area (Å²) in [7, 11) is 0. The van der Waals surface area contributed by atoms with Crippen LogP contribution in [0.4, 0.5) is 0 Å². The lowest BCUT2D eigenvalue weighted by Crippen LogP contribution is -2.57. The summed E-state index contributed by atoms with van der Waals surface area (Å²) in [5.41, 5.74) is 1.40. The Morgan fingerprint density at radius 2 is 1.64 bits per heavy atom. The first-order valence-corrected chi connectivity index (χ1v) is 17.9. The van der Waals surface area contributed by atoms with E-state index in [9.17, 15) is 19.5 Å². The van der Waals surface area contributed by atoms with Crippen molar-refractivity contribution in [2.45, 2.75) is 87.6 Å². The molecule has 0 aliphatic carbocycles. The van der Waals surface area contributed by atoms with Crippen LogP contribution in [0.15, 0.2) is 90.3 Å². The maximum atomic E-state index is 13.9. The van der Waals surface area contributed by atoms with Gasteiger partial charge in [0.05, 0.1) is 23.7 Å². The van der Waals surface area contributed by atoms with Gasteiger partial charge in [-0.25, -0.2) is 15.0 Å². The number of likely N-dealkylation sites (tertiary alicyclic amines) is 1. The van der Waals surface area contributed by atoms with Gasteiger partial charge in [0.1, 0.15) is 11.7 Å². The molecule has 3 amide bonds. The molecule has 0 radical (unpaired) electrons. The quantitative estimate of drug-likeness (QED) is 0.152. The van der Waals surface area contributed by atoms with E-state index < -0.39 is 41.6 Å². The van der Waals surface area contributed by atoms with Gasteiger partial charge in [0.25, 0.3) is 5.91 Å². The molecule has 4 aromatic rings. The Kier molecular flexibility index (Phi) is 12.2.